The van der Waals surface area contributed by atoms with Crippen LogP contribution in [0.3, 0.4) is 0 Å². The molecule has 0 radical (unpaired) electrons. The number of amides is 1. The number of aromatic nitrogens is 2. The highest BCUT2D eigenvalue weighted by Crippen LogP contribution is 2.31. The maximum Gasteiger partial charge on any atom is 0.449 e. The van der Waals surface area contributed by atoms with E-state index in [0.29, 0.717) is 5.56 Å². The first-order valence-corrected chi connectivity index (χ1v) is 7.98. The molecule has 2 N–H and O–H groups in total. The van der Waals surface area contributed by atoms with Crippen LogP contribution in [0.15, 0.2) is 30.3 Å². The number of H-pyrrole nitrogens is 1. The van der Waals surface area contributed by atoms with Crippen molar-refractivity contribution in [3.05, 3.63) is 41.9 Å². The van der Waals surface area contributed by atoms with Gasteiger partial charge in [0, 0.05) is 12.1 Å². The predicted octanol–water partition coefficient (Wildman–Crippen LogP) is 2.98. The Morgan fingerprint density at radius 2 is 2.04 bits per heavy atom. The summed E-state index contributed by atoms with van der Waals surface area (Å²) in [7, 11) is 0. The average molecular weight is 369 g/mol. The molecule has 6 nitrogen and oxygen atoms in total. The van der Waals surface area contributed by atoms with E-state index in [-0.39, 0.29) is 30.6 Å². The van der Waals surface area contributed by atoms with Crippen molar-refractivity contribution in [2.45, 2.75) is 31.9 Å². The van der Waals surface area contributed by atoms with Gasteiger partial charge in [-0.1, -0.05) is 30.3 Å². The first-order chi connectivity index (χ1) is 12.2. The summed E-state index contributed by atoms with van der Waals surface area (Å²) >= 11 is 0. The quantitative estimate of drug-likeness (QED) is 0.869. The molecule has 0 saturated carbocycles. The van der Waals surface area contributed by atoms with Crippen LogP contribution < -0.4 is 5.32 Å². The normalized spacial score (nSPS) is 19.5. The smallest absolute Gasteiger partial charge is 0.348 e. The fraction of sp³-hybridized carbons (Fsp3) is 0.412. The molecule has 1 aliphatic rings. The maximum absolute atomic E-state index is 13.0. The minimum absolute atomic E-state index is 0.0562. The SMILES string of the molecule is CC1(C)OCC(CNC(=O)c2[nH]c(C(F)(F)F)nc2-c2ccccc2)O1. The van der Waals surface area contributed by atoms with Gasteiger partial charge in [0.15, 0.2) is 5.79 Å². The largest absolute Gasteiger partial charge is 0.449 e. The number of nitrogens with one attached hydrogen (secondary N) is 2. The fourth-order valence-electron chi connectivity index (χ4n) is 2.64. The number of hydrogen-bond acceptors (Lipinski definition) is 4. The van der Waals surface area contributed by atoms with Gasteiger partial charge in [0.05, 0.1) is 6.61 Å². The Kier molecular flexibility index (Phi) is 4.76. The second kappa shape index (κ2) is 6.73. The Morgan fingerprint density at radius 1 is 1.35 bits per heavy atom. The van der Waals surface area contributed by atoms with Crippen LogP contribution in [0.4, 0.5) is 13.2 Å². The Labute approximate surface area is 147 Å². The summed E-state index contributed by atoms with van der Waals surface area (Å²) in [5, 5.41) is 2.57. The molecule has 2 aromatic rings. The molecule has 1 aromatic heterocycles. The van der Waals surface area contributed by atoms with Crippen molar-refractivity contribution in [1.29, 1.82) is 0 Å². The lowest BCUT2D eigenvalue weighted by molar-refractivity contribution is -0.144. The zero-order valence-corrected chi connectivity index (χ0v) is 14.2. The van der Waals surface area contributed by atoms with Crippen molar-refractivity contribution in [2.24, 2.45) is 0 Å². The van der Waals surface area contributed by atoms with Crippen molar-refractivity contribution < 1.29 is 27.4 Å². The van der Waals surface area contributed by atoms with Gasteiger partial charge in [-0.15, -0.1) is 0 Å². The standard InChI is InChI=1S/C17H18F3N3O3/c1-16(2)25-9-11(26-16)8-21-14(24)13-12(10-6-4-3-5-7-10)22-15(23-13)17(18,19)20/h3-7,11H,8-9H2,1-2H3,(H,21,24)(H,22,23). The van der Waals surface area contributed by atoms with Gasteiger partial charge in [-0.2, -0.15) is 13.2 Å². The highest BCUT2D eigenvalue weighted by molar-refractivity contribution is 5.98. The first-order valence-electron chi connectivity index (χ1n) is 7.98. The molecule has 0 aliphatic carbocycles. The van der Waals surface area contributed by atoms with Crippen LogP contribution in [0.2, 0.25) is 0 Å². The van der Waals surface area contributed by atoms with E-state index in [1.807, 2.05) is 0 Å². The molecule has 1 atom stereocenters. The van der Waals surface area contributed by atoms with Crippen LogP contribution in [-0.4, -0.2) is 40.9 Å². The Morgan fingerprint density at radius 3 is 2.62 bits per heavy atom. The molecular formula is C17H18F3N3O3. The van der Waals surface area contributed by atoms with Crippen molar-refractivity contribution >= 4 is 5.91 Å². The van der Waals surface area contributed by atoms with Gasteiger partial charge in [0.25, 0.3) is 5.91 Å². The summed E-state index contributed by atoms with van der Waals surface area (Å²) in [5.41, 5.74) is 0.104. The number of halogens is 3. The molecule has 1 fully saturated rings. The van der Waals surface area contributed by atoms with Crippen LogP contribution in [0.5, 0.6) is 0 Å². The maximum atomic E-state index is 13.0. The third-order valence-electron chi connectivity index (χ3n) is 3.80. The highest BCUT2D eigenvalue weighted by atomic mass is 19.4. The predicted molar refractivity (Wildman–Crippen MR) is 86.3 cm³/mol. The molecule has 1 aliphatic heterocycles. The lowest BCUT2D eigenvalue weighted by atomic mass is 10.1. The molecule has 2 heterocycles. The molecular weight excluding hydrogens is 351 g/mol. The van der Waals surface area contributed by atoms with E-state index in [1.165, 1.54) is 0 Å². The summed E-state index contributed by atoms with van der Waals surface area (Å²) in [5.74, 6) is -2.66. The number of rotatable bonds is 4. The molecule has 0 bridgehead atoms. The second-order valence-corrected chi connectivity index (χ2v) is 6.33. The van der Waals surface area contributed by atoms with Crippen molar-refractivity contribution in [2.75, 3.05) is 13.2 Å². The molecule has 0 spiro atoms. The van der Waals surface area contributed by atoms with Gasteiger partial charge >= 0.3 is 6.18 Å². The average Bonchev–Trinajstić information content (AvgIpc) is 3.17. The minimum atomic E-state index is -4.69. The topological polar surface area (TPSA) is 76.2 Å². The van der Waals surface area contributed by atoms with Crippen LogP contribution >= 0.6 is 0 Å². The lowest BCUT2D eigenvalue weighted by Gasteiger charge is -2.17. The van der Waals surface area contributed by atoms with Gasteiger partial charge in [-0.05, 0) is 13.8 Å². The van der Waals surface area contributed by atoms with Crippen LogP contribution in [0, 0.1) is 0 Å². The summed E-state index contributed by atoms with van der Waals surface area (Å²) < 4.78 is 50.0. The number of carbonyl (C=O) groups excluding carboxylic acids is 1. The second-order valence-electron chi connectivity index (χ2n) is 6.33. The molecule has 140 valence electrons. The summed E-state index contributed by atoms with van der Waals surface area (Å²) in [6, 6.07) is 8.21. The zero-order chi connectivity index (χ0) is 18.9. The van der Waals surface area contributed by atoms with Gasteiger partial charge in [-0.25, -0.2) is 4.98 Å². The number of hydrogen-bond donors (Lipinski definition) is 2. The number of imidazole rings is 1. The van der Waals surface area contributed by atoms with Crippen molar-refractivity contribution in [3.63, 3.8) is 0 Å². The molecule has 1 saturated heterocycles. The van der Waals surface area contributed by atoms with Crippen molar-refractivity contribution in [1.82, 2.24) is 15.3 Å². The number of ether oxygens (including phenoxy) is 2. The third kappa shape index (κ3) is 4.05. The van der Waals surface area contributed by atoms with E-state index < -0.39 is 23.7 Å². The molecule has 9 heteroatoms. The Hall–Kier alpha value is -2.39. The summed E-state index contributed by atoms with van der Waals surface area (Å²) in [6.07, 6.45) is -5.06. The monoisotopic (exact) mass is 369 g/mol. The third-order valence-corrected chi connectivity index (χ3v) is 3.80. The molecule has 1 aromatic carbocycles. The number of alkyl halides is 3. The van der Waals surface area contributed by atoms with E-state index in [0.717, 1.165) is 0 Å². The minimum Gasteiger partial charge on any atom is -0.348 e. The van der Waals surface area contributed by atoms with Crippen LogP contribution in [0.1, 0.15) is 30.2 Å². The number of benzene rings is 1. The number of aromatic amines is 1. The van der Waals surface area contributed by atoms with Gasteiger partial charge in [0.1, 0.15) is 17.5 Å². The lowest BCUT2D eigenvalue weighted by Crippen LogP contribution is -2.34. The van der Waals surface area contributed by atoms with Crippen molar-refractivity contribution in [3.8, 4) is 11.3 Å². The Balaban J connectivity index is 1.81. The van der Waals surface area contributed by atoms with Crippen LogP contribution in [-0.2, 0) is 15.7 Å². The fourth-order valence-corrected chi connectivity index (χ4v) is 2.64. The van der Waals surface area contributed by atoms with Gasteiger partial charge in [-0.3, -0.25) is 4.79 Å². The molecule has 3 rings (SSSR count). The van der Waals surface area contributed by atoms with E-state index in [4.69, 9.17) is 9.47 Å². The van der Waals surface area contributed by atoms with E-state index in [9.17, 15) is 18.0 Å². The number of carbonyl (C=O) groups is 1. The van der Waals surface area contributed by atoms with E-state index in [1.54, 1.807) is 44.2 Å². The highest BCUT2D eigenvalue weighted by Gasteiger charge is 2.37. The Bertz CT molecular complexity index is 788. The zero-order valence-electron chi connectivity index (χ0n) is 14.2. The molecule has 26 heavy (non-hydrogen) atoms. The summed E-state index contributed by atoms with van der Waals surface area (Å²) in [4.78, 5) is 18.1. The molecule has 1 unspecified atom stereocenters. The number of nitrogens with zero attached hydrogens (tertiary/aromatic N) is 1. The van der Waals surface area contributed by atoms with Gasteiger partial charge in [0.2, 0.25) is 5.82 Å². The van der Waals surface area contributed by atoms with Gasteiger partial charge < -0.3 is 19.8 Å². The molecule has 1 amide bonds. The van der Waals surface area contributed by atoms with E-state index >= 15 is 0 Å². The van der Waals surface area contributed by atoms with Crippen LogP contribution in [0.25, 0.3) is 11.3 Å². The van der Waals surface area contributed by atoms with E-state index in [2.05, 4.69) is 15.3 Å². The summed E-state index contributed by atoms with van der Waals surface area (Å²) in [6.45, 7) is 3.88. The first kappa shape index (κ1) is 18.4.